The number of aliphatic carboxylic acids is 1. The first-order valence-electron chi connectivity index (χ1n) is 6.78. The van der Waals surface area contributed by atoms with E-state index in [0.717, 1.165) is 0 Å². The second-order valence-corrected chi connectivity index (χ2v) is 6.82. The minimum atomic E-state index is -1.21. The molecule has 0 saturated heterocycles. The fraction of sp³-hybridized carbons (Fsp3) is 0.857. The predicted molar refractivity (Wildman–Crippen MR) is 73.9 cm³/mol. The van der Waals surface area contributed by atoms with E-state index in [1.54, 1.807) is 6.92 Å². The fourth-order valence-electron chi connectivity index (χ4n) is 2.63. The van der Waals surface area contributed by atoms with Gasteiger partial charge in [-0.2, -0.15) is 0 Å². The zero-order valence-corrected chi connectivity index (χ0v) is 12.8. The number of hydrogen-bond acceptors (Lipinski definition) is 2. The van der Waals surface area contributed by atoms with Gasteiger partial charge in [0.05, 0.1) is 0 Å². The van der Waals surface area contributed by atoms with Crippen LogP contribution >= 0.6 is 0 Å². The van der Waals surface area contributed by atoms with Crippen molar-refractivity contribution in [3.63, 3.8) is 0 Å². The molecular weight excluding hydrogens is 244 g/mol. The first-order chi connectivity index (χ1) is 8.49. The molecule has 0 bridgehead atoms. The molecule has 1 aliphatic carbocycles. The summed E-state index contributed by atoms with van der Waals surface area (Å²) in [6.07, 6.45) is 0.343. The molecule has 0 aromatic rings. The lowest BCUT2D eigenvalue weighted by Gasteiger charge is -2.24. The Balaban J connectivity index is 2.48. The summed E-state index contributed by atoms with van der Waals surface area (Å²) in [4.78, 5) is 22.9. The molecule has 0 aromatic heterocycles. The van der Waals surface area contributed by atoms with Crippen LogP contribution in [0.25, 0.3) is 0 Å². The van der Waals surface area contributed by atoms with Crippen LogP contribution in [0.15, 0.2) is 0 Å². The number of carboxylic acids is 1. The third kappa shape index (κ3) is 2.69. The van der Waals surface area contributed by atoms with Gasteiger partial charge in [0.2, 0.25) is 0 Å². The van der Waals surface area contributed by atoms with Crippen LogP contribution in [0.4, 0.5) is 4.79 Å². The highest BCUT2D eigenvalue weighted by Gasteiger charge is 2.64. The molecule has 5 heteroatoms. The van der Waals surface area contributed by atoms with Crippen molar-refractivity contribution < 1.29 is 14.7 Å². The number of rotatable bonds is 5. The Morgan fingerprint density at radius 2 is 1.68 bits per heavy atom. The van der Waals surface area contributed by atoms with Crippen molar-refractivity contribution in [1.82, 2.24) is 10.6 Å². The zero-order chi connectivity index (χ0) is 15.1. The molecule has 1 unspecified atom stereocenters. The Kier molecular flexibility index (Phi) is 3.90. The van der Waals surface area contributed by atoms with Gasteiger partial charge in [-0.15, -0.1) is 0 Å². The summed E-state index contributed by atoms with van der Waals surface area (Å²) >= 11 is 0. The molecule has 1 aliphatic rings. The van der Waals surface area contributed by atoms with Gasteiger partial charge in [0, 0.05) is 6.54 Å². The number of amides is 2. The molecule has 1 fully saturated rings. The largest absolute Gasteiger partial charge is 0.480 e. The Bertz CT molecular complexity index is 376. The number of nitrogens with one attached hydrogen (secondary N) is 2. The van der Waals surface area contributed by atoms with Crippen LogP contribution in [0.1, 0.15) is 48.0 Å². The van der Waals surface area contributed by atoms with Gasteiger partial charge < -0.3 is 15.7 Å². The average Bonchev–Trinajstić information content (AvgIpc) is 2.66. The first-order valence-corrected chi connectivity index (χ1v) is 6.78. The van der Waals surface area contributed by atoms with Crippen molar-refractivity contribution in [1.29, 1.82) is 0 Å². The van der Waals surface area contributed by atoms with Crippen LogP contribution in [0.5, 0.6) is 0 Å². The molecule has 2 amide bonds. The van der Waals surface area contributed by atoms with Crippen molar-refractivity contribution >= 4 is 12.0 Å². The van der Waals surface area contributed by atoms with Crippen LogP contribution in [0.3, 0.4) is 0 Å². The van der Waals surface area contributed by atoms with Crippen molar-refractivity contribution in [2.24, 2.45) is 16.7 Å². The number of urea groups is 1. The van der Waals surface area contributed by atoms with E-state index in [0.29, 0.717) is 18.9 Å². The predicted octanol–water partition coefficient (Wildman–Crippen LogP) is 2.22. The Morgan fingerprint density at radius 3 is 2.00 bits per heavy atom. The standard InChI is InChI=1S/C14H26N2O3/c1-7-14(6,10(17)18)16-11(19)15-8-9-12(2,3)13(9,4)5/h9H,7-8H2,1-6H3,(H,17,18)(H2,15,16,19). The maximum absolute atomic E-state index is 11.8. The highest BCUT2D eigenvalue weighted by molar-refractivity contribution is 5.85. The Labute approximate surface area is 115 Å². The lowest BCUT2D eigenvalue weighted by molar-refractivity contribution is -0.143. The summed E-state index contributed by atoms with van der Waals surface area (Å²) in [6, 6.07) is -0.412. The van der Waals surface area contributed by atoms with E-state index >= 15 is 0 Å². The van der Waals surface area contributed by atoms with Crippen molar-refractivity contribution in [3.8, 4) is 0 Å². The van der Waals surface area contributed by atoms with E-state index in [-0.39, 0.29) is 10.8 Å². The molecular formula is C14H26N2O3. The quantitative estimate of drug-likeness (QED) is 0.716. The van der Waals surface area contributed by atoms with Gasteiger partial charge in [-0.1, -0.05) is 34.6 Å². The smallest absolute Gasteiger partial charge is 0.329 e. The maximum Gasteiger partial charge on any atom is 0.329 e. The van der Waals surface area contributed by atoms with Crippen molar-refractivity contribution in [2.75, 3.05) is 6.54 Å². The summed E-state index contributed by atoms with van der Waals surface area (Å²) in [5, 5.41) is 14.4. The van der Waals surface area contributed by atoms with E-state index < -0.39 is 17.5 Å². The lowest BCUT2D eigenvalue weighted by Crippen LogP contribution is -2.55. The third-order valence-corrected chi connectivity index (χ3v) is 5.35. The molecule has 19 heavy (non-hydrogen) atoms. The molecule has 5 nitrogen and oxygen atoms in total. The van der Waals surface area contributed by atoms with Crippen LogP contribution in [-0.2, 0) is 4.79 Å². The summed E-state index contributed by atoms with van der Waals surface area (Å²) in [5.41, 5.74) is -0.791. The van der Waals surface area contributed by atoms with Crippen LogP contribution in [0.2, 0.25) is 0 Å². The molecule has 1 atom stereocenters. The van der Waals surface area contributed by atoms with Gasteiger partial charge in [-0.25, -0.2) is 9.59 Å². The van der Waals surface area contributed by atoms with E-state index in [1.165, 1.54) is 6.92 Å². The van der Waals surface area contributed by atoms with Crippen LogP contribution in [-0.4, -0.2) is 29.2 Å². The van der Waals surface area contributed by atoms with Crippen LogP contribution < -0.4 is 10.6 Å². The van der Waals surface area contributed by atoms with Gasteiger partial charge in [0.1, 0.15) is 5.54 Å². The molecule has 0 aromatic carbocycles. The van der Waals surface area contributed by atoms with Gasteiger partial charge in [-0.3, -0.25) is 0 Å². The summed E-state index contributed by atoms with van der Waals surface area (Å²) in [6.45, 7) is 12.6. The molecule has 0 spiro atoms. The lowest BCUT2D eigenvalue weighted by atomic mass is 10.00. The molecule has 0 radical (unpaired) electrons. The second kappa shape index (κ2) is 4.69. The van der Waals surface area contributed by atoms with Crippen LogP contribution in [0, 0.1) is 16.7 Å². The summed E-state index contributed by atoms with van der Waals surface area (Å²) in [7, 11) is 0. The minimum Gasteiger partial charge on any atom is -0.480 e. The van der Waals surface area contributed by atoms with Crippen molar-refractivity contribution in [3.05, 3.63) is 0 Å². The van der Waals surface area contributed by atoms with E-state index in [9.17, 15) is 9.59 Å². The van der Waals surface area contributed by atoms with Crippen molar-refractivity contribution in [2.45, 2.75) is 53.5 Å². The molecule has 1 rings (SSSR count). The number of carboxylic acid groups (broad SMARTS) is 1. The topological polar surface area (TPSA) is 78.4 Å². The molecule has 0 heterocycles. The molecule has 1 saturated carbocycles. The second-order valence-electron chi connectivity index (χ2n) is 6.82. The number of carbonyl (C=O) groups excluding carboxylic acids is 1. The van der Waals surface area contributed by atoms with E-state index in [4.69, 9.17) is 5.11 Å². The highest BCUT2D eigenvalue weighted by atomic mass is 16.4. The van der Waals surface area contributed by atoms with E-state index in [2.05, 4.69) is 38.3 Å². The number of hydrogen-bond donors (Lipinski definition) is 3. The normalized spacial score (nSPS) is 23.3. The Hall–Kier alpha value is -1.26. The monoisotopic (exact) mass is 270 g/mol. The number of carbonyl (C=O) groups is 2. The Morgan fingerprint density at radius 1 is 1.21 bits per heavy atom. The summed E-state index contributed by atoms with van der Waals surface area (Å²) in [5.74, 6) is -0.597. The van der Waals surface area contributed by atoms with Gasteiger partial charge in [0.25, 0.3) is 0 Å². The molecule has 110 valence electrons. The van der Waals surface area contributed by atoms with E-state index in [1.807, 2.05) is 0 Å². The zero-order valence-electron chi connectivity index (χ0n) is 12.8. The first kappa shape index (κ1) is 15.8. The summed E-state index contributed by atoms with van der Waals surface area (Å²) < 4.78 is 0. The molecule has 3 N–H and O–H groups in total. The average molecular weight is 270 g/mol. The highest BCUT2D eigenvalue weighted by Crippen LogP contribution is 2.67. The van der Waals surface area contributed by atoms with Gasteiger partial charge in [0.15, 0.2) is 0 Å². The fourth-order valence-corrected chi connectivity index (χ4v) is 2.63. The molecule has 0 aliphatic heterocycles. The third-order valence-electron chi connectivity index (χ3n) is 5.35. The SMILES string of the molecule is CCC(C)(NC(=O)NCC1C(C)(C)C1(C)C)C(=O)O. The maximum atomic E-state index is 11.8. The minimum absolute atomic E-state index is 0.209. The van der Waals surface area contributed by atoms with Gasteiger partial charge >= 0.3 is 12.0 Å². The van der Waals surface area contributed by atoms with Gasteiger partial charge in [-0.05, 0) is 30.1 Å².